The number of aliphatic hydroxyl groups is 1. The minimum atomic E-state index is -0.843. The van der Waals surface area contributed by atoms with E-state index >= 15 is 0 Å². The van der Waals surface area contributed by atoms with E-state index in [0.717, 1.165) is 6.42 Å². The van der Waals surface area contributed by atoms with E-state index in [2.05, 4.69) is 18.3 Å². The number of unbranched alkanes of at least 4 members (excludes halogenated alkanes) is 9. The Morgan fingerprint density at radius 2 is 1.54 bits per heavy atom. The zero-order chi connectivity index (χ0) is 18.0. The maximum Gasteiger partial charge on any atom is 0.217 e. The first-order valence-corrected chi connectivity index (χ1v) is 9.36. The molecule has 138 valence electrons. The summed E-state index contributed by atoms with van der Waals surface area (Å²) in [6, 6.07) is -0.843. The van der Waals surface area contributed by atoms with Crippen LogP contribution in [-0.4, -0.2) is 29.4 Å². The standard InChI is InChI=1S/C20H35NO3/c1-3-4-5-6-7-8-9-10-11-12-13-14-15-16-20(24)19(17-22)21-18(2)23/h13-16,19,22H,3-12,17H2,1-2H3,(H,21,23)/b14-13+,16-15+/t19-/m0/s1. The molecule has 0 aliphatic carbocycles. The Morgan fingerprint density at radius 1 is 0.958 bits per heavy atom. The van der Waals surface area contributed by atoms with Crippen LogP contribution in [0.15, 0.2) is 24.3 Å². The summed E-state index contributed by atoms with van der Waals surface area (Å²) in [5, 5.41) is 11.5. The van der Waals surface area contributed by atoms with E-state index in [1.165, 1.54) is 70.8 Å². The molecule has 2 N–H and O–H groups in total. The number of aliphatic hydroxyl groups excluding tert-OH is 1. The van der Waals surface area contributed by atoms with Crippen molar-refractivity contribution in [1.29, 1.82) is 0 Å². The van der Waals surface area contributed by atoms with Crippen molar-refractivity contribution in [2.24, 2.45) is 0 Å². The molecule has 0 saturated heterocycles. The average Bonchev–Trinajstić information content (AvgIpc) is 2.56. The van der Waals surface area contributed by atoms with Gasteiger partial charge in [0.05, 0.1) is 6.61 Å². The molecule has 4 heteroatoms. The van der Waals surface area contributed by atoms with Crippen LogP contribution in [0.4, 0.5) is 0 Å². The average molecular weight is 338 g/mol. The fourth-order valence-corrected chi connectivity index (χ4v) is 2.47. The Labute approximate surface area is 147 Å². The van der Waals surface area contributed by atoms with E-state index in [1.54, 1.807) is 6.08 Å². The zero-order valence-electron chi connectivity index (χ0n) is 15.4. The van der Waals surface area contributed by atoms with Crippen molar-refractivity contribution in [1.82, 2.24) is 5.32 Å². The minimum absolute atomic E-state index is 0.291. The monoisotopic (exact) mass is 337 g/mol. The van der Waals surface area contributed by atoms with Gasteiger partial charge < -0.3 is 10.4 Å². The molecule has 0 aromatic heterocycles. The van der Waals surface area contributed by atoms with Gasteiger partial charge in [0.1, 0.15) is 6.04 Å². The Morgan fingerprint density at radius 3 is 2.08 bits per heavy atom. The lowest BCUT2D eigenvalue weighted by Gasteiger charge is -2.10. The van der Waals surface area contributed by atoms with Gasteiger partial charge in [-0.2, -0.15) is 0 Å². The van der Waals surface area contributed by atoms with Gasteiger partial charge in [-0.3, -0.25) is 9.59 Å². The number of rotatable bonds is 15. The zero-order valence-corrected chi connectivity index (χ0v) is 15.4. The Balaban J connectivity index is 3.63. The number of allylic oxidation sites excluding steroid dienone is 3. The van der Waals surface area contributed by atoms with Crippen LogP contribution in [0, 0.1) is 0 Å². The van der Waals surface area contributed by atoms with E-state index in [4.69, 9.17) is 5.11 Å². The van der Waals surface area contributed by atoms with Crippen molar-refractivity contribution in [2.45, 2.75) is 84.1 Å². The molecule has 1 amide bonds. The molecule has 0 aliphatic rings. The molecular weight excluding hydrogens is 302 g/mol. The number of carbonyl (C=O) groups excluding carboxylic acids is 2. The number of ketones is 1. The number of carbonyl (C=O) groups is 2. The summed E-state index contributed by atoms with van der Waals surface area (Å²) in [5.41, 5.74) is 0. The van der Waals surface area contributed by atoms with Crippen molar-refractivity contribution in [2.75, 3.05) is 6.61 Å². The van der Waals surface area contributed by atoms with Crippen molar-refractivity contribution in [3.63, 3.8) is 0 Å². The molecule has 0 bridgehead atoms. The maximum absolute atomic E-state index is 11.7. The summed E-state index contributed by atoms with van der Waals surface area (Å²) in [7, 11) is 0. The summed E-state index contributed by atoms with van der Waals surface area (Å²) in [6.45, 7) is 3.18. The Hall–Kier alpha value is -1.42. The fraction of sp³-hybridized carbons (Fsp3) is 0.700. The van der Waals surface area contributed by atoms with Gasteiger partial charge in [0, 0.05) is 6.92 Å². The smallest absolute Gasteiger partial charge is 0.217 e. The third-order valence-corrected chi connectivity index (χ3v) is 3.89. The van der Waals surface area contributed by atoms with Gasteiger partial charge in [0.2, 0.25) is 5.91 Å². The Kier molecular flexibility index (Phi) is 15.5. The van der Waals surface area contributed by atoms with Crippen LogP contribution in [0.5, 0.6) is 0 Å². The van der Waals surface area contributed by atoms with Crippen molar-refractivity contribution in [3.8, 4) is 0 Å². The fourth-order valence-electron chi connectivity index (χ4n) is 2.47. The van der Waals surface area contributed by atoms with Gasteiger partial charge in [-0.05, 0) is 18.9 Å². The predicted molar refractivity (Wildman–Crippen MR) is 99.8 cm³/mol. The number of amides is 1. The summed E-state index contributed by atoms with van der Waals surface area (Å²) in [4.78, 5) is 22.6. The lowest BCUT2D eigenvalue weighted by molar-refractivity contribution is -0.125. The predicted octanol–water partition coefficient (Wildman–Crippen LogP) is 4.09. The lowest BCUT2D eigenvalue weighted by Crippen LogP contribution is -2.41. The molecule has 0 unspecified atom stereocenters. The van der Waals surface area contributed by atoms with E-state index in [9.17, 15) is 9.59 Å². The first-order chi connectivity index (χ1) is 11.6. The van der Waals surface area contributed by atoms with Gasteiger partial charge in [-0.15, -0.1) is 0 Å². The van der Waals surface area contributed by atoms with Crippen molar-refractivity contribution < 1.29 is 14.7 Å². The molecule has 0 aliphatic heterocycles. The summed E-state index contributed by atoms with van der Waals surface area (Å²) in [6.07, 6.45) is 19.9. The molecule has 4 nitrogen and oxygen atoms in total. The quantitative estimate of drug-likeness (QED) is 0.269. The van der Waals surface area contributed by atoms with Crippen LogP contribution in [0.3, 0.4) is 0 Å². The number of hydrogen-bond donors (Lipinski definition) is 2. The molecule has 0 saturated carbocycles. The molecule has 1 atom stereocenters. The molecule has 0 aromatic carbocycles. The van der Waals surface area contributed by atoms with Crippen LogP contribution >= 0.6 is 0 Å². The Bertz CT molecular complexity index is 388. The van der Waals surface area contributed by atoms with Gasteiger partial charge in [0.25, 0.3) is 0 Å². The van der Waals surface area contributed by atoms with Gasteiger partial charge in [-0.1, -0.05) is 76.5 Å². The topological polar surface area (TPSA) is 66.4 Å². The summed E-state index contributed by atoms with van der Waals surface area (Å²) in [5.74, 6) is -0.614. The molecule has 0 spiro atoms. The highest BCUT2D eigenvalue weighted by molar-refractivity contribution is 5.96. The first kappa shape index (κ1) is 22.6. The first-order valence-electron chi connectivity index (χ1n) is 9.36. The summed E-state index contributed by atoms with van der Waals surface area (Å²) < 4.78 is 0. The largest absolute Gasteiger partial charge is 0.394 e. The minimum Gasteiger partial charge on any atom is -0.394 e. The molecular formula is C20H35NO3. The SMILES string of the molecule is CCCCCCCCCCC/C=C/C=C/C(=O)[C@H](CO)NC(C)=O. The second-order valence-corrected chi connectivity index (χ2v) is 6.24. The summed E-state index contributed by atoms with van der Waals surface area (Å²) >= 11 is 0. The normalized spacial score (nSPS) is 12.8. The van der Waals surface area contributed by atoms with E-state index < -0.39 is 6.04 Å². The van der Waals surface area contributed by atoms with Crippen LogP contribution in [0.25, 0.3) is 0 Å². The van der Waals surface area contributed by atoms with Crippen LogP contribution in [0.2, 0.25) is 0 Å². The third-order valence-electron chi connectivity index (χ3n) is 3.89. The van der Waals surface area contributed by atoms with Crippen molar-refractivity contribution >= 4 is 11.7 Å². The van der Waals surface area contributed by atoms with Gasteiger partial charge in [0.15, 0.2) is 5.78 Å². The molecule has 0 aromatic rings. The molecule has 0 heterocycles. The lowest BCUT2D eigenvalue weighted by atomic mass is 10.1. The maximum atomic E-state index is 11.7. The second kappa shape index (κ2) is 16.4. The second-order valence-electron chi connectivity index (χ2n) is 6.24. The van der Waals surface area contributed by atoms with E-state index in [0.29, 0.717) is 0 Å². The number of hydrogen-bond acceptors (Lipinski definition) is 3. The van der Waals surface area contributed by atoms with Crippen LogP contribution in [0.1, 0.15) is 78.1 Å². The number of nitrogens with one attached hydrogen (secondary N) is 1. The van der Waals surface area contributed by atoms with Crippen molar-refractivity contribution in [3.05, 3.63) is 24.3 Å². The van der Waals surface area contributed by atoms with Crippen LogP contribution in [-0.2, 0) is 9.59 Å². The van der Waals surface area contributed by atoms with Gasteiger partial charge >= 0.3 is 0 Å². The molecule has 0 rings (SSSR count). The highest BCUT2D eigenvalue weighted by Crippen LogP contribution is 2.10. The highest BCUT2D eigenvalue weighted by atomic mass is 16.3. The van der Waals surface area contributed by atoms with Gasteiger partial charge in [-0.25, -0.2) is 0 Å². The molecule has 0 radical (unpaired) electrons. The highest BCUT2D eigenvalue weighted by Gasteiger charge is 2.14. The van der Waals surface area contributed by atoms with E-state index in [1.807, 2.05) is 6.08 Å². The molecule has 0 fully saturated rings. The third kappa shape index (κ3) is 14.2. The van der Waals surface area contributed by atoms with Crippen LogP contribution < -0.4 is 5.32 Å². The van der Waals surface area contributed by atoms with E-state index in [-0.39, 0.29) is 18.3 Å². The molecule has 24 heavy (non-hydrogen) atoms.